The van der Waals surface area contributed by atoms with Gasteiger partial charge in [-0.3, -0.25) is 15.1 Å². The number of aliphatic imine (C=N–C) groups is 1. The highest BCUT2D eigenvalue weighted by Gasteiger charge is 2.11. The number of nitro groups is 1. The van der Waals surface area contributed by atoms with Crippen LogP contribution in [0.3, 0.4) is 0 Å². The molecule has 0 spiro atoms. The second-order valence-electron chi connectivity index (χ2n) is 5.59. The number of hydrogen-bond acceptors (Lipinski definition) is 5. The number of hydrogen-bond donors (Lipinski definition) is 1. The number of benzene rings is 2. The van der Waals surface area contributed by atoms with Gasteiger partial charge in [-0.2, -0.15) is 0 Å². The summed E-state index contributed by atoms with van der Waals surface area (Å²) in [6.45, 7) is 2.53. The first kappa shape index (κ1) is 16.1. The lowest BCUT2D eigenvalue weighted by atomic mass is 10.1. The number of amidine groups is 1. The second kappa shape index (κ2) is 7.70. The molecule has 24 heavy (non-hydrogen) atoms. The summed E-state index contributed by atoms with van der Waals surface area (Å²) in [6, 6.07) is 14.5. The Labute approximate surface area is 140 Å². The molecule has 1 aliphatic heterocycles. The molecule has 0 saturated heterocycles. The molecule has 1 heterocycles. The van der Waals surface area contributed by atoms with Gasteiger partial charge in [-0.25, -0.2) is 0 Å². The van der Waals surface area contributed by atoms with Gasteiger partial charge in [-0.15, -0.1) is 0 Å². The van der Waals surface area contributed by atoms with Gasteiger partial charge < -0.3 is 10.1 Å². The lowest BCUT2D eigenvalue weighted by Gasteiger charge is -2.17. The van der Waals surface area contributed by atoms with E-state index in [9.17, 15) is 10.1 Å². The van der Waals surface area contributed by atoms with Gasteiger partial charge in [-0.05, 0) is 17.5 Å². The summed E-state index contributed by atoms with van der Waals surface area (Å²) in [5.74, 6) is 0.913. The zero-order chi connectivity index (χ0) is 16.8. The van der Waals surface area contributed by atoms with Gasteiger partial charge in [0.15, 0.2) is 0 Å². The van der Waals surface area contributed by atoms with E-state index < -0.39 is 4.92 Å². The molecule has 0 unspecified atom stereocenters. The van der Waals surface area contributed by atoms with E-state index in [2.05, 4.69) is 10.3 Å². The van der Waals surface area contributed by atoms with Crippen LogP contribution >= 0.6 is 0 Å². The highest BCUT2D eigenvalue weighted by Crippen LogP contribution is 2.16. The first-order valence-electron chi connectivity index (χ1n) is 7.92. The minimum absolute atomic E-state index is 0.0808. The Hall–Kier alpha value is -2.73. The third kappa shape index (κ3) is 3.97. The van der Waals surface area contributed by atoms with Gasteiger partial charge in [-0.1, -0.05) is 36.4 Å². The highest BCUT2D eigenvalue weighted by atomic mass is 16.6. The predicted molar refractivity (Wildman–Crippen MR) is 92.1 cm³/mol. The van der Waals surface area contributed by atoms with Gasteiger partial charge in [0.2, 0.25) is 0 Å². The third-order valence-corrected chi connectivity index (χ3v) is 3.82. The highest BCUT2D eigenvalue weighted by molar-refractivity contribution is 6.00. The molecule has 0 saturated carbocycles. The molecule has 0 aromatic heterocycles. The van der Waals surface area contributed by atoms with E-state index in [0.717, 1.165) is 42.0 Å². The van der Waals surface area contributed by atoms with Crippen molar-refractivity contribution < 1.29 is 9.66 Å². The van der Waals surface area contributed by atoms with Gasteiger partial charge in [0, 0.05) is 30.8 Å². The van der Waals surface area contributed by atoms with Gasteiger partial charge in [0.25, 0.3) is 5.69 Å². The minimum Gasteiger partial charge on any atom is -0.372 e. The summed E-state index contributed by atoms with van der Waals surface area (Å²) < 4.78 is 5.77. The maximum Gasteiger partial charge on any atom is 0.269 e. The van der Waals surface area contributed by atoms with Gasteiger partial charge >= 0.3 is 0 Å². The third-order valence-electron chi connectivity index (χ3n) is 3.82. The molecule has 0 aliphatic carbocycles. The Balaban J connectivity index is 1.66. The van der Waals surface area contributed by atoms with Crippen molar-refractivity contribution in [2.45, 2.75) is 19.6 Å². The van der Waals surface area contributed by atoms with Crippen LogP contribution in [0.25, 0.3) is 0 Å². The van der Waals surface area contributed by atoms with Crippen molar-refractivity contribution in [1.29, 1.82) is 0 Å². The van der Waals surface area contributed by atoms with E-state index in [-0.39, 0.29) is 5.69 Å². The van der Waals surface area contributed by atoms with Crippen molar-refractivity contribution >= 4 is 11.5 Å². The van der Waals surface area contributed by atoms with Crippen LogP contribution in [0.1, 0.15) is 23.1 Å². The Morgan fingerprint density at radius 3 is 2.83 bits per heavy atom. The fourth-order valence-electron chi connectivity index (χ4n) is 2.63. The first-order chi connectivity index (χ1) is 11.7. The summed E-state index contributed by atoms with van der Waals surface area (Å²) in [4.78, 5) is 14.9. The number of nitro benzene ring substituents is 1. The van der Waals surface area contributed by atoms with Crippen LogP contribution in [0.15, 0.2) is 53.5 Å². The molecule has 6 nitrogen and oxygen atoms in total. The fourth-order valence-corrected chi connectivity index (χ4v) is 2.63. The van der Waals surface area contributed by atoms with Crippen molar-refractivity contribution in [3.63, 3.8) is 0 Å². The smallest absolute Gasteiger partial charge is 0.269 e. The molecule has 3 rings (SSSR count). The van der Waals surface area contributed by atoms with Crippen LogP contribution in [-0.2, 0) is 18.0 Å². The number of non-ortho nitro benzene ring substituents is 1. The Bertz CT molecular complexity index is 759. The van der Waals surface area contributed by atoms with E-state index in [1.54, 1.807) is 12.1 Å². The SMILES string of the molecule is O=[N+]([O-])c1cccc(COCc2ccccc2C2=NCCCN2)c1. The summed E-state index contributed by atoms with van der Waals surface area (Å²) in [5, 5.41) is 14.1. The summed E-state index contributed by atoms with van der Waals surface area (Å²) in [5.41, 5.74) is 2.97. The molecule has 0 bridgehead atoms. The molecule has 2 aromatic rings. The zero-order valence-corrected chi connectivity index (χ0v) is 13.3. The molecule has 0 fully saturated rings. The molecule has 0 radical (unpaired) electrons. The van der Waals surface area contributed by atoms with Crippen LogP contribution in [0.2, 0.25) is 0 Å². The number of rotatable bonds is 6. The fraction of sp³-hybridized carbons (Fsp3) is 0.278. The molecule has 124 valence electrons. The summed E-state index contributed by atoms with van der Waals surface area (Å²) in [7, 11) is 0. The van der Waals surface area contributed by atoms with Crippen LogP contribution in [0.4, 0.5) is 5.69 Å². The Morgan fingerprint density at radius 2 is 2.04 bits per heavy atom. The monoisotopic (exact) mass is 325 g/mol. The van der Waals surface area contributed by atoms with E-state index in [0.29, 0.717) is 13.2 Å². The van der Waals surface area contributed by atoms with Crippen molar-refractivity contribution in [3.05, 3.63) is 75.3 Å². The number of nitrogens with zero attached hydrogens (tertiary/aromatic N) is 2. The topological polar surface area (TPSA) is 76.8 Å². The quantitative estimate of drug-likeness (QED) is 0.654. The molecule has 6 heteroatoms. The van der Waals surface area contributed by atoms with Crippen LogP contribution < -0.4 is 5.32 Å². The molecule has 2 aromatic carbocycles. The average molecular weight is 325 g/mol. The van der Waals surface area contributed by atoms with Crippen LogP contribution in [0.5, 0.6) is 0 Å². The maximum atomic E-state index is 10.8. The standard InChI is InChI=1S/C18H19N3O3/c22-21(23)16-7-3-5-14(11-16)12-24-13-15-6-1-2-8-17(15)18-19-9-4-10-20-18/h1-3,5-8,11H,4,9-10,12-13H2,(H,19,20). The van der Waals surface area contributed by atoms with Crippen molar-refractivity contribution in [2.75, 3.05) is 13.1 Å². The predicted octanol–water partition coefficient (Wildman–Crippen LogP) is 3.05. The van der Waals surface area contributed by atoms with E-state index in [1.165, 1.54) is 6.07 Å². The molecule has 0 atom stereocenters. The lowest BCUT2D eigenvalue weighted by Crippen LogP contribution is -2.31. The van der Waals surface area contributed by atoms with E-state index in [4.69, 9.17) is 4.74 Å². The maximum absolute atomic E-state index is 10.8. The van der Waals surface area contributed by atoms with Crippen molar-refractivity contribution in [3.8, 4) is 0 Å². The molecule has 1 N–H and O–H groups in total. The Morgan fingerprint density at radius 1 is 1.17 bits per heavy atom. The Kier molecular flexibility index (Phi) is 5.18. The summed E-state index contributed by atoms with van der Waals surface area (Å²) >= 11 is 0. The zero-order valence-electron chi connectivity index (χ0n) is 13.3. The normalized spacial score (nSPS) is 13.9. The van der Waals surface area contributed by atoms with Gasteiger partial charge in [0.05, 0.1) is 18.1 Å². The first-order valence-corrected chi connectivity index (χ1v) is 7.92. The lowest BCUT2D eigenvalue weighted by molar-refractivity contribution is -0.384. The van der Waals surface area contributed by atoms with Crippen molar-refractivity contribution in [1.82, 2.24) is 5.32 Å². The molecule has 0 amide bonds. The van der Waals surface area contributed by atoms with E-state index >= 15 is 0 Å². The van der Waals surface area contributed by atoms with Gasteiger partial charge in [0.1, 0.15) is 5.84 Å². The van der Waals surface area contributed by atoms with Crippen LogP contribution in [0, 0.1) is 10.1 Å². The largest absolute Gasteiger partial charge is 0.372 e. The molecule has 1 aliphatic rings. The van der Waals surface area contributed by atoms with Crippen molar-refractivity contribution in [2.24, 2.45) is 4.99 Å². The number of nitrogens with one attached hydrogen (secondary N) is 1. The van der Waals surface area contributed by atoms with Crippen LogP contribution in [-0.4, -0.2) is 23.8 Å². The summed E-state index contributed by atoms with van der Waals surface area (Å²) in [6.07, 6.45) is 1.05. The number of ether oxygens (including phenoxy) is 1. The molecular weight excluding hydrogens is 306 g/mol. The minimum atomic E-state index is -0.397. The van der Waals surface area contributed by atoms with E-state index in [1.807, 2.05) is 30.3 Å². The molecular formula is C18H19N3O3. The average Bonchev–Trinajstić information content (AvgIpc) is 2.63. The second-order valence-corrected chi connectivity index (χ2v) is 5.59.